The zero-order chi connectivity index (χ0) is 15.5. The van der Waals surface area contributed by atoms with E-state index >= 15 is 0 Å². The van der Waals surface area contributed by atoms with Crippen LogP contribution in [0.1, 0.15) is 38.2 Å². The average molecular weight is 357 g/mol. The lowest BCUT2D eigenvalue weighted by molar-refractivity contribution is 0.105. The number of rotatable bonds is 6. The Balaban J connectivity index is 2.28. The van der Waals surface area contributed by atoms with Gasteiger partial charge in [0.25, 0.3) is 0 Å². The van der Waals surface area contributed by atoms with Gasteiger partial charge in [0.15, 0.2) is 0 Å². The topological polar surface area (TPSA) is 15.3 Å². The summed E-state index contributed by atoms with van der Waals surface area (Å²) < 4.78 is 14.6. The third-order valence-electron chi connectivity index (χ3n) is 4.89. The molecule has 4 heteroatoms. The first-order valence-electron chi connectivity index (χ1n) is 7.84. The van der Waals surface area contributed by atoms with Gasteiger partial charge in [0.1, 0.15) is 5.82 Å². The predicted molar refractivity (Wildman–Crippen MR) is 90.2 cm³/mol. The molecule has 118 valence electrons. The van der Waals surface area contributed by atoms with Crippen LogP contribution in [0.5, 0.6) is 0 Å². The Morgan fingerprint density at radius 3 is 2.57 bits per heavy atom. The molecular formula is C17H26BrFN2. The van der Waals surface area contributed by atoms with E-state index in [1.54, 1.807) is 6.07 Å². The second-order valence-corrected chi connectivity index (χ2v) is 7.11. The molecule has 0 saturated heterocycles. The maximum Gasteiger partial charge on any atom is 0.123 e. The Morgan fingerprint density at radius 2 is 2.00 bits per heavy atom. The molecule has 1 fully saturated rings. The minimum absolute atomic E-state index is 0.159. The van der Waals surface area contributed by atoms with Crippen molar-refractivity contribution in [2.24, 2.45) is 0 Å². The molecule has 0 aromatic heterocycles. The van der Waals surface area contributed by atoms with Crippen molar-refractivity contribution in [3.05, 3.63) is 34.1 Å². The van der Waals surface area contributed by atoms with Gasteiger partial charge in [0.05, 0.1) is 0 Å². The first kappa shape index (κ1) is 16.9. The Morgan fingerprint density at radius 1 is 1.33 bits per heavy atom. The highest BCUT2D eigenvalue weighted by molar-refractivity contribution is 9.10. The van der Waals surface area contributed by atoms with Crippen molar-refractivity contribution >= 4 is 15.9 Å². The minimum atomic E-state index is -0.159. The van der Waals surface area contributed by atoms with Crippen LogP contribution in [-0.2, 0) is 6.42 Å². The molecule has 1 N–H and O–H groups in total. The number of likely N-dealkylation sites (N-methyl/N-ethyl adjacent to an activating group) is 2. The van der Waals surface area contributed by atoms with Gasteiger partial charge in [-0.3, -0.25) is 0 Å². The lowest BCUT2D eigenvalue weighted by atomic mass is 9.83. The summed E-state index contributed by atoms with van der Waals surface area (Å²) in [5, 5.41) is 3.66. The summed E-state index contributed by atoms with van der Waals surface area (Å²) in [7, 11) is 4.35. The molecule has 1 aromatic carbocycles. The van der Waals surface area contributed by atoms with E-state index in [1.807, 2.05) is 6.07 Å². The molecule has 0 radical (unpaired) electrons. The van der Waals surface area contributed by atoms with E-state index in [0.717, 1.165) is 23.0 Å². The van der Waals surface area contributed by atoms with Gasteiger partial charge >= 0.3 is 0 Å². The molecule has 0 heterocycles. The van der Waals surface area contributed by atoms with Crippen LogP contribution in [0.3, 0.4) is 0 Å². The summed E-state index contributed by atoms with van der Waals surface area (Å²) in [6.07, 6.45) is 5.84. The van der Waals surface area contributed by atoms with Gasteiger partial charge in [-0.15, -0.1) is 0 Å². The lowest BCUT2D eigenvalue weighted by Gasteiger charge is -2.44. The van der Waals surface area contributed by atoms with Crippen molar-refractivity contribution < 1.29 is 4.39 Å². The van der Waals surface area contributed by atoms with Crippen LogP contribution in [0.2, 0.25) is 0 Å². The number of nitrogens with one attached hydrogen (secondary N) is 1. The smallest absolute Gasteiger partial charge is 0.123 e. The van der Waals surface area contributed by atoms with Gasteiger partial charge in [0.2, 0.25) is 0 Å². The third-order valence-corrected chi connectivity index (χ3v) is 5.66. The molecule has 2 rings (SSSR count). The number of hydrogen-bond acceptors (Lipinski definition) is 2. The fraction of sp³-hybridized carbons (Fsp3) is 0.647. The summed E-state index contributed by atoms with van der Waals surface area (Å²) in [6, 6.07) is 5.32. The van der Waals surface area contributed by atoms with Crippen LogP contribution >= 0.6 is 15.9 Å². The van der Waals surface area contributed by atoms with Crippen molar-refractivity contribution in [3.63, 3.8) is 0 Å². The number of hydrogen-bond donors (Lipinski definition) is 1. The fourth-order valence-corrected chi connectivity index (χ4v) is 4.12. The summed E-state index contributed by atoms with van der Waals surface area (Å²) >= 11 is 3.57. The molecule has 0 bridgehead atoms. The Hall–Kier alpha value is -0.450. The highest BCUT2D eigenvalue weighted by atomic mass is 79.9. The highest BCUT2D eigenvalue weighted by Crippen LogP contribution is 2.38. The fourth-order valence-electron chi connectivity index (χ4n) is 3.71. The van der Waals surface area contributed by atoms with Crippen LogP contribution < -0.4 is 5.32 Å². The van der Waals surface area contributed by atoms with Crippen molar-refractivity contribution in [3.8, 4) is 0 Å². The predicted octanol–water partition coefficient (Wildman–Crippen LogP) is 3.98. The lowest BCUT2D eigenvalue weighted by Crippen LogP contribution is -2.58. The molecule has 0 amide bonds. The summed E-state index contributed by atoms with van der Waals surface area (Å²) in [4.78, 5) is 2.38. The molecule has 0 spiro atoms. The second kappa shape index (κ2) is 7.21. The number of nitrogens with zero attached hydrogens (tertiary/aromatic N) is 1. The maximum atomic E-state index is 13.6. The summed E-state index contributed by atoms with van der Waals surface area (Å²) in [5.74, 6) is -0.159. The first-order valence-corrected chi connectivity index (χ1v) is 8.63. The van der Waals surface area contributed by atoms with Gasteiger partial charge in [-0.25, -0.2) is 4.39 Å². The van der Waals surface area contributed by atoms with Crippen molar-refractivity contribution in [1.82, 2.24) is 10.2 Å². The largest absolute Gasteiger partial charge is 0.312 e. The zero-order valence-electron chi connectivity index (χ0n) is 13.3. The molecule has 1 unspecified atom stereocenters. The third kappa shape index (κ3) is 3.66. The standard InChI is InChI=1S/C17H26BrFN2/c1-4-20-16(17(21(2)3)9-5-6-10-17)12-13-11-14(19)7-8-15(13)18/h7-8,11,16,20H,4-6,9-10,12H2,1-3H3. The van der Waals surface area contributed by atoms with Crippen LogP contribution in [0.25, 0.3) is 0 Å². The molecule has 1 aliphatic carbocycles. The molecule has 1 saturated carbocycles. The SMILES string of the molecule is CCNC(Cc1cc(F)ccc1Br)C1(N(C)C)CCCC1. The Labute approximate surface area is 136 Å². The molecule has 2 nitrogen and oxygen atoms in total. The van der Waals surface area contributed by atoms with E-state index in [4.69, 9.17) is 0 Å². The van der Waals surface area contributed by atoms with Crippen molar-refractivity contribution in [2.45, 2.75) is 50.6 Å². The number of halogens is 2. The zero-order valence-corrected chi connectivity index (χ0v) is 14.8. The van der Waals surface area contributed by atoms with E-state index in [1.165, 1.54) is 31.7 Å². The quantitative estimate of drug-likeness (QED) is 0.828. The molecular weight excluding hydrogens is 331 g/mol. The van der Waals surface area contributed by atoms with E-state index in [2.05, 4.69) is 47.2 Å². The van der Waals surface area contributed by atoms with Crippen LogP contribution in [-0.4, -0.2) is 37.1 Å². The Bertz CT molecular complexity index is 470. The van der Waals surface area contributed by atoms with Gasteiger partial charge in [-0.2, -0.15) is 0 Å². The highest BCUT2D eigenvalue weighted by Gasteiger charge is 2.42. The molecule has 0 aliphatic heterocycles. The van der Waals surface area contributed by atoms with Gasteiger partial charge in [-0.1, -0.05) is 35.7 Å². The van der Waals surface area contributed by atoms with Gasteiger partial charge < -0.3 is 10.2 Å². The van der Waals surface area contributed by atoms with Crippen LogP contribution in [0.15, 0.2) is 22.7 Å². The monoisotopic (exact) mass is 356 g/mol. The van der Waals surface area contributed by atoms with E-state index in [-0.39, 0.29) is 11.4 Å². The van der Waals surface area contributed by atoms with Gasteiger partial charge in [-0.05, 0) is 63.7 Å². The van der Waals surface area contributed by atoms with Gasteiger partial charge in [0, 0.05) is 16.1 Å². The van der Waals surface area contributed by atoms with E-state index in [9.17, 15) is 4.39 Å². The van der Waals surface area contributed by atoms with E-state index in [0.29, 0.717) is 6.04 Å². The first-order chi connectivity index (χ1) is 9.99. The molecule has 1 aliphatic rings. The number of benzene rings is 1. The molecule has 1 atom stereocenters. The second-order valence-electron chi connectivity index (χ2n) is 6.26. The summed E-state index contributed by atoms with van der Waals surface area (Å²) in [6.45, 7) is 3.08. The Kier molecular flexibility index (Phi) is 5.81. The van der Waals surface area contributed by atoms with Crippen molar-refractivity contribution in [1.29, 1.82) is 0 Å². The summed E-state index contributed by atoms with van der Waals surface area (Å²) in [5.41, 5.74) is 1.23. The van der Waals surface area contributed by atoms with Crippen LogP contribution in [0.4, 0.5) is 4.39 Å². The molecule has 1 aromatic rings. The average Bonchev–Trinajstić information content (AvgIpc) is 2.93. The van der Waals surface area contributed by atoms with Crippen molar-refractivity contribution in [2.75, 3.05) is 20.6 Å². The minimum Gasteiger partial charge on any atom is -0.312 e. The van der Waals surface area contributed by atoms with Crippen LogP contribution in [0, 0.1) is 5.82 Å². The van der Waals surface area contributed by atoms with E-state index < -0.39 is 0 Å². The molecule has 21 heavy (non-hydrogen) atoms. The normalized spacial score (nSPS) is 19.1. The maximum absolute atomic E-state index is 13.6.